The Kier molecular flexibility index (Phi) is 44.8. The smallest absolute Gasteiger partial charge is 0.322 e. The van der Waals surface area contributed by atoms with Gasteiger partial charge in [0.05, 0.1) is 0 Å². The molecule has 0 aromatic heterocycles. The van der Waals surface area contributed by atoms with Gasteiger partial charge in [-0.3, -0.25) is 14.4 Å². The van der Waals surface area contributed by atoms with Crippen LogP contribution in [0.15, 0.2) is 0 Å². The van der Waals surface area contributed by atoms with E-state index in [1.54, 1.807) is 0 Å². The Hall–Kier alpha value is -1.59. The number of unbranched alkanes of at least 4 members (excludes halogenated alkanes) is 36. The number of carbonyl (C=O) groups is 3. The second-order valence-corrected chi connectivity index (χ2v) is 17.4. The highest BCUT2D eigenvalue weighted by Crippen LogP contribution is 2.20. The molecule has 0 rings (SSSR count). The minimum absolute atomic E-state index is 0.00561. The SMILES string of the molecule is CCCCCCCCCCCCCCCCCCCCCCCCCC(=O)OC(CCCCCCCCCCCCC)CCCCCCCC(=O)NCC(=O)O. The number of hydrogen-bond donors (Lipinski definition) is 2. The Bertz CT molecular complexity index is 832. The van der Waals surface area contributed by atoms with E-state index in [1.807, 2.05) is 0 Å². The summed E-state index contributed by atoms with van der Waals surface area (Å²) < 4.78 is 6.06. The number of ether oxygens (including phenoxy) is 1. The Morgan fingerprint density at radius 2 is 0.661 bits per heavy atom. The number of carboxylic acids is 1. The minimum Gasteiger partial charge on any atom is -0.480 e. The second kappa shape index (κ2) is 46.1. The van der Waals surface area contributed by atoms with Crippen molar-refractivity contribution in [2.75, 3.05) is 6.54 Å². The summed E-state index contributed by atoms with van der Waals surface area (Å²) in [5.74, 6) is -1.20. The van der Waals surface area contributed by atoms with Crippen molar-refractivity contribution in [3.63, 3.8) is 0 Å². The van der Waals surface area contributed by atoms with Crippen molar-refractivity contribution in [2.45, 2.75) is 296 Å². The van der Waals surface area contributed by atoms with Crippen LogP contribution in [0.4, 0.5) is 0 Å². The molecule has 0 aliphatic carbocycles. The van der Waals surface area contributed by atoms with Crippen LogP contribution in [0, 0.1) is 0 Å². The first-order chi connectivity index (χ1) is 27.5. The van der Waals surface area contributed by atoms with Gasteiger partial charge in [0.25, 0.3) is 0 Å². The van der Waals surface area contributed by atoms with Gasteiger partial charge in [-0.1, -0.05) is 239 Å². The fourth-order valence-corrected chi connectivity index (χ4v) is 8.05. The number of aliphatic carboxylic acids is 1. The predicted molar refractivity (Wildman–Crippen MR) is 240 cm³/mol. The average Bonchev–Trinajstić information content (AvgIpc) is 3.18. The minimum atomic E-state index is -1.01. The highest BCUT2D eigenvalue weighted by molar-refractivity contribution is 5.80. The van der Waals surface area contributed by atoms with Crippen LogP contribution in [0.3, 0.4) is 0 Å². The third-order valence-electron chi connectivity index (χ3n) is 11.8. The summed E-state index contributed by atoms with van der Waals surface area (Å²) in [7, 11) is 0. The maximum absolute atomic E-state index is 12.8. The van der Waals surface area contributed by atoms with E-state index in [0.717, 1.165) is 64.2 Å². The number of nitrogens with one attached hydrogen (secondary N) is 1. The Morgan fingerprint density at radius 1 is 0.393 bits per heavy atom. The number of amides is 1. The van der Waals surface area contributed by atoms with Crippen molar-refractivity contribution >= 4 is 17.8 Å². The molecule has 0 saturated carbocycles. The van der Waals surface area contributed by atoms with E-state index in [1.165, 1.54) is 199 Å². The van der Waals surface area contributed by atoms with Crippen molar-refractivity contribution in [3.05, 3.63) is 0 Å². The molecule has 0 aliphatic rings. The Morgan fingerprint density at radius 3 is 0.964 bits per heavy atom. The molecule has 0 heterocycles. The van der Waals surface area contributed by atoms with Crippen LogP contribution in [0.25, 0.3) is 0 Å². The number of hydrogen-bond acceptors (Lipinski definition) is 4. The van der Waals surface area contributed by atoms with Crippen LogP contribution in [0.1, 0.15) is 290 Å². The molecule has 1 unspecified atom stereocenters. The molecular weight excluding hydrogens is 695 g/mol. The molecule has 0 bridgehead atoms. The molecule has 6 heteroatoms. The van der Waals surface area contributed by atoms with Gasteiger partial charge < -0.3 is 15.2 Å². The zero-order chi connectivity index (χ0) is 40.8. The van der Waals surface area contributed by atoms with E-state index in [4.69, 9.17) is 9.84 Å². The van der Waals surface area contributed by atoms with Gasteiger partial charge in [-0.15, -0.1) is 0 Å². The van der Waals surface area contributed by atoms with E-state index >= 15 is 0 Å². The first-order valence-electron chi connectivity index (χ1n) is 25.2. The molecule has 6 nitrogen and oxygen atoms in total. The molecule has 332 valence electrons. The van der Waals surface area contributed by atoms with E-state index in [-0.39, 0.29) is 24.5 Å². The Labute approximate surface area is 349 Å². The summed E-state index contributed by atoms with van der Waals surface area (Å²) in [6.07, 6.45) is 54.0. The van der Waals surface area contributed by atoms with Crippen molar-refractivity contribution < 1.29 is 24.2 Å². The van der Waals surface area contributed by atoms with Gasteiger partial charge in [0.15, 0.2) is 0 Å². The molecule has 0 aliphatic heterocycles. The standard InChI is InChI=1S/C50H97NO5/c1-3-5-7-9-11-13-15-16-17-18-19-20-21-22-23-24-25-26-28-30-32-37-41-45-50(55)56-47(42-38-34-31-29-27-14-12-10-8-6-4-2)43-39-35-33-36-40-44-48(52)51-46-49(53)54/h47H,3-46H2,1-2H3,(H,51,52)(H,53,54). The zero-order valence-corrected chi connectivity index (χ0v) is 37.8. The van der Waals surface area contributed by atoms with Gasteiger partial charge in [0, 0.05) is 12.8 Å². The molecule has 56 heavy (non-hydrogen) atoms. The molecule has 0 spiro atoms. The summed E-state index contributed by atoms with van der Waals surface area (Å²) in [5.41, 5.74) is 0. The topological polar surface area (TPSA) is 92.7 Å². The highest BCUT2D eigenvalue weighted by atomic mass is 16.5. The van der Waals surface area contributed by atoms with Crippen LogP contribution in [-0.4, -0.2) is 35.6 Å². The molecule has 1 amide bonds. The first kappa shape index (κ1) is 54.4. The van der Waals surface area contributed by atoms with E-state index in [2.05, 4.69) is 19.2 Å². The molecule has 0 aromatic carbocycles. The quantitative estimate of drug-likeness (QED) is 0.0473. The van der Waals surface area contributed by atoms with Crippen LogP contribution in [0.5, 0.6) is 0 Å². The summed E-state index contributed by atoms with van der Waals surface area (Å²) in [6, 6.07) is 0. The normalized spacial score (nSPS) is 11.9. The lowest BCUT2D eigenvalue weighted by Crippen LogP contribution is -2.28. The molecule has 0 aromatic rings. The van der Waals surface area contributed by atoms with E-state index < -0.39 is 5.97 Å². The summed E-state index contributed by atoms with van der Waals surface area (Å²) >= 11 is 0. The van der Waals surface area contributed by atoms with Gasteiger partial charge in [-0.05, 0) is 38.5 Å². The summed E-state index contributed by atoms with van der Waals surface area (Å²) in [4.78, 5) is 35.1. The van der Waals surface area contributed by atoms with Crippen LogP contribution in [0.2, 0.25) is 0 Å². The lowest BCUT2D eigenvalue weighted by molar-refractivity contribution is -0.150. The van der Waals surface area contributed by atoms with Gasteiger partial charge >= 0.3 is 11.9 Å². The molecule has 0 saturated heterocycles. The third kappa shape index (κ3) is 45.1. The van der Waals surface area contributed by atoms with Crippen LogP contribution >= 0.6 is 0 Å². The number of carbonyl (C=O) groups excluding carboxylic acids is 2. The third-order valence-corrected chi connectivity index (χ3v) is 11.8. The largest absolute Gasteiger partial charge is 0.480 e. The predicted octanol–water partition coefficient (Wildman–Crippen LogP) is 15.9. The fraction of sp³-hybridized carbons (Fsp3) is 0.940. The molecule has 2 N–H and O–H groups in total. The number of carboxylic acid groups (broad SMARTS) is 1. The number of rotatable bonds is 47. The van der Waals surface area contributed by atoms with Crippen molar-refractivity contribution in [3.8, 4) is 0 Å². The Balaban J connectivity index is 3.93. The van der Waals surface area contributed by atoms with Gasteiger partial charge in [-0.2, -0.15) is 0 Å². The van der Waals surface area contributed by atoms with Crippen molar-refractivity contribution in [2.24, 2.45) is 0 Å². The van der Waals surface area contributed by atoms with E-state index in [9.17, 15) is 14.4 Å². The van der Waals surface area contributed by atoms with Crippen molar-refractivity contribution in [1.82, 2.24) is 5.32 Å². The summed E-state index contributed by atoms with van der Waals surface area (Å²) in [6.45, 7) is 4.26. The lowest BCUT2D eigenvalue weighted by atomic mass is 10.0. The van der Waals surface area contributed by atoms with Crippen molar-refractivity contribution in [1.29, 1.82) is 0 Å². The van der Waals surface area contributed by atoms with E-state index in [0.29, 0.717) is 12.8 Å². The monoisotopic (exact) mass is 792 g/mol. The van der Waals surface area contributed by atoms with Gasteiger partial charge in [0.1, 0.15) is 12.6 Å². The maximum atomic E-state index is 12.8. The molecule has 0 fully saturated rings. The molecular formula is C50H97NO5. The van der Waals surface area contributed by atoms with Gasteiger partial charge in [-0.25, -0.2) is 0 Å². The lowest BCUT2D eigenvalue weighted by Gasteiger charge is -2.18. The zero-order valence-electron chi connectivity index (χ0n) is 37.8. The highest BCUT2D eigenvalue weighted by Gasteiger charge is 2.14. The average molecular weight is 792 g/mol. The first-order valence-corrected chi connectivity index (χ1v) is 25.2. The maximum Gasteiger partial charge on any atom is 0.322 e. The molecule has 0 radical (unpaired) electrons. The van der Waals surface area contributed by atoms with Crippen LogP contribution < -0.4 is 5.32 Å². The summed E-state index contributed by atoms with van der Waals surface area (Å²) in [5, 5.41) is 11.1. The second-order valence-electron chi connectivity index (χ2n) is 17.4. The number of esters is 1. The van der Waals surface area contributed by atoms with Crippen LogP contribution in [-0.2, 0) is 19.1 Å². The fourth-order valence-electron chi connectivity index (χ4n) is 8.05. The molecule has 1 atom stereocenters. The van der Waals surface area contributed by atoms with Gasteiger partial charge in [0.2, 0.25) is 5.91 Å².